The summed E-state index contributed by atoms with van der Waals surface area (Å²) >= 11 is 0. The van der Waals surface area contributed by atoms with Crippen LogP contribution < -0.4 is 15.6 Å². The summed E-state index contributed by atoms with van der Waals surface area (Å²) in [4.78, 5) is 24.6. The molecule has 2 aromatic carbocycles. The third kappa shape index (κ3) is 3.77. The average molecular weight is 407 g/mol. The molecule has 4 aromatic rings. The van der Waals surface area contributed by atoms with Crippen molar-refractivity contribution in [2.24, 2.45) is 0 Å². The first-order chi connectivity index (χ1) is 14.4. The maximum atomic E-state index is 13.4. The number of anilines is 1. The minimum Gasteiger partial charge on any atom is -0.497 e. The van der Waals surface area contributed by atoms with E-state index in [1.165, 1.54) is 16.6 Å². The molecule has 2 heterocycles. The summed E-state index contributed by atoms with van der Waals surface area (Å²) in [5.41, 5.74) is 2.10. The maximum Gasteiger partial charge on any atom is 0.290 e. The van der Waals surface area contributed by atoms with Crippen LogP contribution in [0.5, 0.6) is 5.75 Å². The van der Waals surface area contributed by atoms with E-state index in [4.69, 9.17) is 4.74 Å². The zero-order valence-electron chi connectivity index (χ0n) is 16.3. The lowest BCUT2D eigenvalue weighted by atomic mass is 10.1. The van der Waals surface area contributed by atoms with Crippen LogP contribution in [-0.4, -0.2) is 32.8 Å². The molecule has 1 amide bonds. The fourth-order valence-electron chi connectivity index (χ4n) is 3.05. The molecule has 0 radical (unpaired) electrons. The van der Waals surface area contributed by atoms with Gasteiger partial charge in [-0.25, -0.2) is 14.0 Å². The Balaban J connectivity index is 1.63. The molecule has 0 saturated heterocycles. The van der Waals surface area contributed by atoms with E-state index in [0.29, 0.717) is 22.7 Å². The first-order valence-corrected chi connectivity index (χ1v) is 9.12. The number of carbonyl (C=O) groups is 1. The molecule has 0 fully saturated rings. The van der Waals surface area contributed by atoms with Crippen molar-refractivity contribution in [3.05, 3.63) is 76.1 Å². The van der Waals surface area contributed by atoms with E-state index in [2.05, 4.69) is 20.6 Å². The van der Waals surface area contributed by atoms with E-state index in [9.17, 15) is 14.0 Å². The van der Waals surface area contributed by atoms with Gasteiger partial charge in [-0.3, -0.25) is 9.59 Å². The number of aromatic nitrogens is 4. The number of H-pyrrole nitrogens is 1. The van der Waals surface area contributed by atoms with E-state index < -0.39 is 5.56 Å². The number of methoxy groups -OCH3 is 1. The Morgan fingerprint density at radius 2 is 1.97 bits per heavy atom. The summed E-state index contributed by atoms with van der Waals surface area (Å²) in [7, 11) is 1.58. The van der Waals surface area contributed by atoms with E-state index in [1.807, 2.05) is 12.1 Å². The van der Waals surface area contributed by atoms with Crippen LogP contribution in [0, 0.1) is 12.7 Å². The molecule has 30 heavy (non-hydrogen) atoms. The Morgan fingerprint density at radius 1 is 1.20 bits per heavy atom. The van der Waals surface area contributed by atoms with Crippen LogP contribution in [0.4, 0.5) is 10.1 Å². The van der Waals surface area contributed by atoms with E-state index in [0.717, 1.165) is 5.56 Å². The third-order valence-corrected chi connectivity index (χ3v) is 4.62. The first kappa shape index (κ1) is 19.3. The third-order valence-electron chi connectivity index (χ3n) is 4.62. The minimum absolute atomic E-state index is 0.132. The second-order valence-electron chi connectivity index (χ2n) is 6.71. The topological polar surface area (TPSA) is 101 Å². The summed E-state index contributed by atoms with van der Waals surface area (Å²) in [5.74, 6) is 0.249. The summed E-state index contributed by atoms with van der Waals surface area (Å²) in [6, 6.07) is 13.2. The van der Waals surface area contributed by atoms with Crippen molar-refractivity contribution in [2.45, 2.75) is 13.3 Å². The molecule has 0 bridgehead atoms. The summed E-state index contributed by atoms with van der Waals surface area (Å²) in [5, 5.41) is 13.5. The summed E-state index contributed by atoms with van der Waals surface area (Å²) in [6.45, 7) is 1.61. The van der Waals surface area contributed by atoms with Crippen LogP contribution in [0.25, 0.3) is 16.8 Å². The predicted molar refractivity (Wildman–Crippen MR) is 109 cm³/mol. The summed E-state index contributed by atoms with van der Waals surface area (Å²) < 4.78 is 19.9. The van der Waals surface area contributed by atoms with Gasteiger partial charge < -0.3 is 10.1 Å². The predicted octanol–water partition coefficient (Wildman–Crippen LogP) is 2.72. The highest BCUT2D eigenvalue weighted by Crippen LogP contribution is 2.22. The van der Waals surface area contributed by atoms with Gasteiger partial charge in [0.1, 0.15) is 17.1 Å². The largest absolute Gasteiger partial charge is 0.497 e. The van der Waals surface area contributed by atoms with Gasteiger partial charge in [0.15, 0.2) is 5.82 Å². The SMILES string of the molecule is COc1ccc(-c2cc3c(=O)[nH]nc(CC(=O)Nc4ccc(F)c(C)c4)n3n2)cc1. The molecule has 2 aromatic heterocycles. The zero-order valence-corrected chi connectivity index (χ0v) is 16.3. The van der Waals surface area contributed by atoms with Gasteiger partial charge >= 0.3 is 0 Å². The Bertz CT molecular complexity index is 1290. The van der Waals surface area contributed by atoms with Crippen LogP contribution >= 0.6 is 0 Å². The monoisotopic (exact) mass is 407 g/mol. The smallest absolute Gasteiger partial charge is 0.290 e. The number of benzene rings is 2. The van der Waals surface area contributed by atoms with Gasteiger partial charge in [-0.15, -0.1) is 0 Å². The number of amides is 1. The van der Waals surface area contributed by atoms with Crippen LogP contribution in [0.1, 0.15) is 11.4 Å². The van der Waals surface area contributed by atoms with Gasteiger partial charge in [-0.1, -0.05) is 0 Å². The highest BCUT2D eigenvalue weighted by molar-refractivity contribution is 5.92. The maximum absolute atomic E-state index is 13.4. The molecule has 0 spiro atoms. The van der Waals surface area contributed by atoms with E-state index in [1.54, 1.807) is 38.3 Å². The number of rotatable bonds is 5. The number of nitrogens with zero attached hydrogens (tertiary/aromatic N) is 3. The first-order valence-electron chi connectivity index (χ1n) is 9.12. The number of ether oxygens (including phenoxy) is 1. The van der Waals surface area contributed by atoms with Crippen LogP contribution in [0.2, 0.25) is 0 Å². The van der Waals surface area contributed by atoms with E-state index in [-0.39, 0.29) is 29.5 Å². The van der Waals surface area contributed by atoms with Crippen molar-refractivity contribution in [3.8, 4) is 17.0 Å². The number of halogens is 1. The summed E-state index contributed by atoms with van der Waals surface area (Å²) in [6.07, 6.45) is -0.132. The van der Waals surface area contributed by atoms with Crippen LogP contribution in [-0.2, 0) is 11.2 Å². The normalized spacial score (nSPS) is 10.9. The standard InChI is InChI=1S/C21H18FN5O3/c1-12-9-14(5-8-16(12)22)23-20(28)11-19-24-25-21(29)18-10-17(26-27(18)19)13-3-6-15(30-2)7-4-13/h3-10H,11H2,1-2H3,(H,23,28)(H,25,29). The molecule has 0 saturated carbocycles. The quantitative estimate of drug-likeness (QED) is 0.530. The van der Waals surface area contributed by atoms with Crippen molar-refractivity contribution in [1.29, 1.82) is 0 Å². The number of hydrogen-bond donors (Lipinski definition) is 2. The lowest BCUT2D eigenvalue weighted by Gasteiger charge is -2.07. The Morgan fingerprint density at radius 3 is 2.67 bits per heavy atom. The molecule has 2 N–H and O–H groups in total. The zero-order chi connectivity index (χ0) is 21.3. The molecule has 8 nitrogen and oxygen atoms in total. The van der Waals surface area contributed by atoms with Crippen molar-refractivity contribution in [2.75, 3.05) is 12.4 Å². The van der Waals surface area contributed by atoms with Crippen molar-refractivity contribution >= 4 is 17.1 Å². The molecular weight excluding hydrogens is 389 g/mol. The molecular formula is C21H18FN5O3. The molecule has 0 atom stereocenters. The fraction of sp³-hybridized carbons (Fsp3) is 0.143. The molecule has 4 rings (SSSR count). The minimum atomic E-state index is -0.416. The number of aromatic amines is 1. The number of nitrogens with one attached hydrogen (secondary N) is 2. The molecule has 0 unspecified atom stereocenters. The second-order valence-corrected chi connectivity index (χ2v) is 6.71. The van der Waals surface area contributed by atoms with Crippen LogP contribution in [0.15, 0.2) is 53.3 Å². The van der Waals surface area contributed by atoms with Gasteiger partial charge in [0.05, 0.1) is 19.2 Å². The second kappa shape index (κ2) is 7.78. The highest BCUT2D eigenvalue weighted by atomic mass is 19.1. The van der Waals surface area contributed by atoms with Gasteiger partial charge in [0.25, 0.3) is 5.56 Å². The average Bonchev–Trinajstić information content (AvgIpc) is 3.19. The van der Waals surface area contributed by atoms with Crippen molar-refractivity contribution in [1.82, 2.24) is 19.8 Å². The molecule has 0 aliphatic carbocycles. The van der Waals surface area contributed by atoms with Crippen LogP contribution in [0.3, 0.4) is 0 Å². The number of hydrogen-bond acceptors (Lipinski definition) is 5. The fourth-order valence-corrected chi connectivity index (χ4v) is 3.05. The van der Waals surface area contributed by atoms with Crippen molar-refractivity contribution in [3.63, 3.8) is 0 Å². The Kier molecular flexibility index (Phi) is 5.01. The molecule has 9 heteroatoms. The van der Waals surface area contributed by atoms with Gasteiger partial charge in [0.2, 0.25) is 5.91 Å². The molecule has 0 aliphatic heterocycles. The lowest BCUT2D eigenvalue weighted by Crippen LogP contribution is -2.22. The number of carbonyl (C=O) groups excluding carboxylic acids is 1. The van der Waals surface area contributed by atoms with Crippen molar-refractivity contribution < 1.29 is 13.9 Å². The molecule has 152 valence electrons. The number of aryl methyl sites for hydroxylation is 1. The molecule has 0 aliphatic rings. The van der Waals surface area contributed by atoms with Gasteiger partial charge in [-0.2, -0.15) is 10.2 Å². The van der Waals surface area contributed by atoms with Gasteiger partial charge in [0, 0.05) is 11.3 Å². The Labute approximate surface area is 170 Å². The highest BCUT2D eigenvalue weighted by Gasteiger charge is 2.15. The Hall–Kier alpha value is -4.01. The number of fused-ring (bicyclic) bond motifs is 1. The van der Waals surface area contributed by atoms with E-state index >= 15 is 0 Å². The lowest BCUT2D eigenvalue weighted by molar-refractivity contribution is -0.115. The van der Waals surface area contributed by atoms with Gasteiger partial charge in [-0.05, 0) is 61.0 Å².